The largest absolute Gasteiger partial charge is 0.481 e. The quantitative estimate of drug-likeness (QED) is 0.906. The Labute approximate surface area is 115 Å². The van der Waals surface area contributed by atoms with Gasteiger partial charge in [0.25, 0.3) is 0 Å². The summed E-state index contributed by atoms with van der Waals surface area (Å²) in [6.07, 6.45) is 2.54. The van der Waals surface area contributed by atoms with Crippen molar-refractivity contribution < 1.29 is 9.90 Å². The molecule has 2 rings (SSSR count). The molecule has 0 atom stereocenters. The summed E-state index contributed by atoms with van der Waals surface area (Å²) in [6, 6.07) is 6.72. The number of aryl methyl sites for hydroxylation is 2. The summed E-state index contributed by atoms with van der Waals surface area (Å²) in [7, 11) is 0. The molecule has 1 saturated heterocycles. The van der Waals surface area contributed by atoms with E-state index in [4.69, 9.17) is 5.11 Å². The molecule has 0 aliphatic carbocycles. The molecule has 0 bridgehead atoms. The Bertz CT molecular complexity index is 448. The zero-order valence-corrected chi connectivity index (χ0v) is 11.9. The van der Waals surface area contributed by atoms with Crippen molar-refractivity contribution in [2.75, 3.05) is 19.6 Å². The molecule has 1 aliphatic heterocycles. The standard InChI is InChI=1S/C16H23NO2/c1-12-3-4-15(13(2)11-12)14-5-8-17(9-6-14)10-7-16(18)19/h3-4,11,14H,5-10H2,1-2H3,(H,18,19). The molecule has 1 aliphatic rings. The molecule has 1 fully saturated rings. The van der Waals surface area contributed by atoms with Crippen LogP contribution in [0.5, 0.6) is 0 Å². The first-order chi connectivity index (χ1) is 9.06. The van der Waals surface area contributed by atoms with Gasteiger partial charge in [-0.05, 0) is 56.8 Å². The van der Waals surface area contributed by atoms with Gasteiger partial charge in [0, 0.05) is 6.54 Å². The number of likely N-dealkylation sites (tertiary alicyclic amines) is 1. The first-order valence-corrected chi connectivity index (χ1v) is 7.07. The Morgan fingerprint density at radius 1 is 1.32 bits per heavy atom. The molecule has 1 aromatic carbocycles. The van der Waals surface area contributed by atoms with Crippen molar-refractivity contribution in [3.8, 4) is 0 Å². The van der Waals surface area contributed by atoms with Crippen molar-refractivity contribution in [2.24, 2.45) is 0 Å². The summed E-state index contributed by atoms with van der Waals surface area (Å²) < 4.78 is 0. The predicted octanol–water partition coefficient (Wildman–Crippen LogP) is 2.96. The van der Waals surface area contributed by atoms with Crippen LogP contribution in [0.3, 0.4) is 0 Å². The number of hydrogen-bond donors (Lipinski definition) is 1. The van der Waals surface area contributed by atoms with Crippen molar-refractivity contribution >= 4 is 5.97 Å². The average molecular weight is 261 g/mol. The maximum absolute atomic E-state index is 10.6. The van der Waals surface area contributed by atoms with Crippen molar-refractivity contribution in [1.82, 2.24) is 4.90 Å². The van der Waals surface area contributed by atoms with Gasteiger partial charge in [-0.25, -0.2) is 0 Å². The monoisotopic (exact) mass is 261 g/mol. The molecule has 1 aromatic rings. The van der Waals surface area contributed by atoms with E-state index in [9.17, 15) is 4.79 Å². The van der Waals surface area contributed by atoms with Crippen LogP contribution in [0.1, 0.15) is 41.9 Å². The number of rotatable bonds is 4. The van der Waals surface area contributed by atoms with Crippen LogP contribution in [0.4, 0.5) is 0 Å². The van der Waals surface area contributed by atoms with Gasteiger partial charge in [-0.1, -0.05) is 23.8 Å². The van der Waals surface area contributed by atoms with Crippen LogP contribution >= 0.6 is 0 Å². The van der Waals surface area contributed by atoms with Crippen molar-refractivity contribution in [3.63, 3.8) is 0 Å². The summed E-state index contributed by atoms with van der Waals surface area (Å²) in [5, 5.41) is 8.71. The van der Waals surface area contributed by atoms with E-state index in [1.54, 1.807) is 0 Å². The van der Waals surface area contributed by atoms with Gasteiger partial charge in [0.2, 0.25) is 0 Å². The van der Waals surface area contributed by atoms with E-state index >= 15 is 0 Å². The molecule has 0 unspecified atom stereocenters. The van der Waals surface area contributed by atoms with Crippen LogP contribution < -0.4 is 0 Å². The topological polar surface area (TPSA) is 40.5 Å². The SMILES string of the molecule is Cc1ccc(C2CCN(CCC(=O)O)CC2)c(C)c1. The normalized spacial score (nSPS) is 17.6. The average Bonchev–Trinajstić information content (AvgIpc) is 2.37. The Morgan fingerprint density at radius 2 is 2.00 bits per heavy atom. The summed E-state index contributed by atoms with van der Waals surface area (Å²) in [6.45, 7) is 7.05. The number of nitrogens with zero attached hydrogens (tertiary/aromatic N) is 1. The van der Waals surface area contributed by atoms with Crippen LogP contribution in [-0.4, -0.2) is 35.6 Å². The van der Waals surface area contributed by atoms with E-state index in [0.29, 0.717) is 12.5 Å². The molecular weight excluding hydrogens is 238 g/mol. The number of hydrogen-bond acceptors (Lipinski definition) is 2. The van der Waals surface area contributed by atoms with Gasteiger partial charge in [-0.3, -0.25) is 4.79 Å². The van der Waals surface area contributed by atoms with Gasteiger partial charge in [-0.15, -0.1) is 0 Å². The smallest absolute Gasteiger partial charge is 0.304 e. The number of aliphatic carboxylic acids is 1. The lowest BCUT2D eigenvalue weighted by atomic mass is 9.86. The minimum Gasteiger partial charge on any atom is -0.481 e. The second-order valence-electron chi connectivity index (χ2n) is 5.62. The summed E-state index contributed by atoms with van der Waals surface area (Å²) in [5.41, 5.74) is 4.19. The van der Waals surface area contributed by atoms with Crippen LogP contribution in [0.2, 0.25) is 0 Å². The van der Waals surface area contributed by atoms with Gasteiger partial charge >= 0.3 is 5.97 Å². The molecule has 0 amide bonds. The molecule has 3 heteroatoms. The van der Waals surface area contributed by atoms with E-state index < -0.39 is 5.97 Å². The lowest BCUT2D eigenvalue weighted by Gasteiger charge is -2.32. The van der Waals surface area contributed by atoms with Crippen LogP contribution in [0, 0.1) is 13.8 Å². The van der Waals surface area contributed by atoms with E-state index in [0.717, 1.165) is 25.9 Å². The second-order valence-corrected chi connectivity index (χ2v) is 5.62. The third kappa shape index (κ3) is 3.80. The summed E-state index contributed by atoms with van der Waals surface area (Å²) >= 11 is 0. The molecular formula is C16H23NO2. The highest BCUT2D eigenvalue weighted by molar-refractivity contribution is 5.66. The third-order valence-electron chi connectivity index (χ3n) is 4.09. The molecule has 0 saturated carbocycles. The second kappa shape index (κ2) is 6.20. The predicted molar refractivity (Wildman–Crippen MR) is 76.6 cm³/mol. The maximum Gasteiger partial charge on any atom is 0.304 e. The Kier molecular flexibility index (Phi) is 4.59. The summed E-state index contributed by atoms with van der Waals surface area (Å²) in [4.78, 5) is 12.8. The first kappa shape index (κ1) is 14.1. The van der Waals surface area contributed by atoms with Crippen molar-refractivity contribution in [1.29, 1.82) is 0 Å². The number of piperidine rings is 1. The Morgan fingerprint density at radius 3 is 2.58 bits per heavy atom. The fourth-order valence-corrected chi connectivity index (χ4v) is 3.01. The zero-order chi connectivity index (χ0) is 13.8. The number of carboxylic acid groups (broad SMARTS) is 1. The van der Waals surface area contributed by atoms with Crippen LogP contribution in [0.25, 0.3) is 0 Å². The van der Waals surface area contributed by atoms with Gasteiger partial charge in [0.05, 0.1) is 6.42 Å². The van der Waals surface area contributed by atoms with E-state index in [2.05, 4.69) is 36.9 Å². The highest BCUT2D eigenvalue weighted by Crippen LogP contribution is 2.30. The number of carboxylic acids is 1. The van der Waals surface area contributed by atoms with Gasteiger partial charge in [0.1, 0.15) is 0 Å². The maximum atomic E-state index is 10.6. The van der Waals surface area contributed by atoms with E-state index in [1.165, 1.54) is 16.7 Å². The highest BCUT2D eigenvalue weighted by Gasteiger charge is 2.21. The van der Waals surface area contributed by atoms with Gasteiger partial charge in [0.15, 0.2) is 0 Å². The number of carbonyl (C=O) groups is 1. The lowest BCUT2D eigenvalue weighted by molar-refractivity contribution is -0.137. The highest BCUT2D eigenvalue weighted by atomic mass is 16.4. The molecule has 0 aromatic heterocycles. The minimum atomic E-state index is -0.698. The van der Waals surface area contributed by atoms with Crippen molar-refractivity contribution in [3.05, 3.63) is 34.9 Å². The van der Waals surface area contributed by atoms with Gasteiger partial charge in [-0.2, -0.15) is 0 Å². The molecule has 3 nitrogen and oxygen atoms in total. The molecule has 0 radical (unpaired) electrons. The minimum absolute atomic E-state index is 0.258. The lowest BCUT2D eigenvalue weighted by Crippen LogP contribution is -2.34. The Balaban J connectivity index is 1.90. The molecule has 104 valence electrons. The summed E-state index contributed by atoms with van der Waals surface area (Å²) in [5.74, 6) is -0.0572. The fraction of sp³-hybridized carbons (Fsp3) is 0.562. The first-order valence-electron chi connectivity index (χ1n) is 7.07. The number of benzene rings is 1. The fourth-order valence-electron chi connectivity index (χ4n) is 3.01. The van der Waals surface area contributed by atoms with Crippen molar-refractivity contribution in [2.45, 2.75) is 39.0 Å². The van der Waals surface area contributed by atoms with E-state index in [-0.39, 0.29) is 6.42 Å². The zero-order valence-electron chi connectivity index (χ0n) is 11.9. The molecule has 1 N–H and O–H groups in total. The van der Waals surface area contributed by atoms with Crippen LogP contribution in [-0.2, 0) is 4.79 Å². The molecule has 19 heavy (non-hydrogen) atoms. The van der Waals surface area contributed by atoms with Gasteiger partial charge < -0.3 is 10.0 Å². The Hall–Kier alpha value is -1.35. The van der Waals surface area contributed by atoms with E-state index in [1.807, 2.05) is 0 Å². The third-order valence-corrected chi connectivity index (χ3v) is 4.09. The molecule has 0 spiro atoms. The molecule has 1 heterocycles. The van der Waals surface area contributed by atoms with Crippen LogP contribution in [0.15, 0.2) is 18.2 Å².